The maximum absolute atomic E-state index is 13.3. The zero-order valence-electron chi connectivity index (χ0n) is 9.81. The Labute approximate surface area is 117 Å². The van der Waals surface area contributed by atoms with Crippen molar-refractivity contribution in [2.24, 2.45) is 0 Å². The summed E-state index contributed by atoms with van der Waals surface area (Å²) >= 11 is 3.22. The molecule has 5 nitrogen and oxygen atoms in total. The molecule has 1 aromatic heterocycles. The molecular weight excluding hydrogens is 317 g/mol. The molecule has 0 unspecified atom stereocenters. The van der Waals surface area contributed by atoms with E-state index in [-0.39, 0.29) is 11.9 Å². The molecule has 1 fully saturated rings. The van der Waals surface area contributed by atoms with Gasteiger partial charge in [0.2, 0.25) is 11.7 Å². The molecular formula is C12H11BrFN3O2. The Morgan fingerprint density at radius 2 is 2.26 bits per heavy atom. The summed E-state index contributed by atoms with van der Waals surface area (Å²) in [4.78, 5) is 4.24. The molecule has 0 bridgehead atoms. The molecule has 7 heteroatoms. The van der Waals surface area contributed by atoms with Crippen LogP contribution in [0.5, 0.6) is 0 Å². The van der Waals surface area contributed by atoms with Crippen LogP contribution in [0.25, 0.3) is 11.4 Å². The lowest BCUT2D eigenvalue weighted by molar-refractivity contribution is 0.191. The monoisotopic (exact) mass is 327 g/mol. The summed E-state index contributed by atoms with van der Waals surface area (Å²) in [5.74, 6) is 0.371. The molecule has 100 valence electrons. The molecule has 0 spiro atoms. The van der Waals surface area contributed by atoms with Gasteiger partial charge in [-0.05, 0) is 24.6 Å². The van der Waals surface area contributed by atoms with Gasteiger partial charge in [0, 0.05) is 16.6 Å². The van der Waals surface area contributed by atoms with Gasteiger partial charge in [0.25, 0.3) is 0 Å². The summed E-state index contributed by atoms with van der Waals surface area (Å²) in [5.41, 5.74) is 0.542. The average molecular weight is 328 g/mol. The third kappa shape index (κ3) is 2.68. The van der Waals surface area contributed by atoms with Crippen LogP contribution in [-0.4, -0.2) is 27.9 Å². The Balaban J connectivity index is 1.88. The quantitative estimate of drug-likeness (QED) is 0.883. The molecule has 2 heterocycles. The van der Waals surface area contributed by atoms with E-state index in [1.807, 2.05) is 0 Å². The summed E-state index contributed by atoms with van der Waals surface area (Å²) in [6.07, 6.45) is 0.137. The number of nitrogens with zero attached hydrogens (tertiary/aromatic N) is 2. The van der Waals surface area contributed by atoms with Gasteiger partial charge in [-0.3, -0.25) is 0 Å². The number of β-amino-alcohol motifs (C(OH)–C–C–N with tert-alkyl or cyclic N) is 1. The Bertz CT molecular complexity index is 584. The van der Waals surface area contributed by atoms with E-state index in [2.05, 4.69) is 31.4 Å². The summed E-state index contributed by atoms with van der Waals surface area (Å²) < 4.78 is 19.1. The van der Waals surface area contributed by atoms with E-state index in [0.717, 1.165) is 0 Å². The Kier molecular flexibility index (Phi) is 3.34. The predicted octanol–water partition coefficient (Wildman–Crippen LogP) is 2.03. The third-order valence-corrected chi connectivity index (χ3v) is 3.43. The zero-order chi connectivity index (χ0) is 13.4. The van der Waals surface area contributed by atoms with Crippen LogP contribution in [0, 0.1) is 5.82 Å². The molecule has 0 radical (unpaired) electrons. The smallest absolute Gasteiger partial charge is 0.244 e. The largest absolute Gasteiger partial charge is 0.392 e. The molecule has 2 aromatic rings. The van der Waals surface area contributed by atoms with E-state index in [9.17, 15) is 9.50 Å². The van der Waals surface area contributed by atoms with Crippen LogP contribution in [-0.2, 0) is 0 Å². The molecule has 19 heavy (non-hydrogen) atoms. The third-order valence-electron chi connectivity index (χ3n) is 2.97. The van der Waals surface area contributed by atoms with E-state index in [0.29, 0.717) is 34.7 Å². The second kappa shape index (κ2) is 4.99. The first-order valence-electron chi connectivity index (χ1n) is 5.83. The van der Waals surface area contributed by atoms with Crippen LogP contribution in [0.15, 0.2) is 27.2 Å². The number of nitrogens with one attached hydrogen (secondary N) is 1. The molecule has 0 amide bonds. The van der Waals surface area contributed by atoms with Gasteiger partial charge in [-0.15, -0.1) is 0 Å². The fourth-order valence-electron chi connectivity index (χ4n) is 2.08. The van der Waals surface area contributed by atoms with E-state index < -0.39 is 6.10 Å². The van der Waals surface area contributed by atoms with Gasteiger partial charge < -0.3 is 14.9 Å². The van der Waals surface area contributed by atoms with Crippen LogP contribution in [0.4, 0.5) is 4.39 Å². The molecule has 2 atom stereocenters. The van der Waals surface area contributed by atoms with E-state index in [1.165, 1.54) is 12.1 Å². The van der Waals surface area contributed by atoms with Crippen molar-refractivity contribution in [1.82, 2.24) is 15.5 Å². The number of halogens is 2. The highest BCUT2D eigenvalue weighted by Crippen LogP contribution is 2.26. The first-order chi connectivity index (χ1) is 9.11. The number of aliphatic hydroxyl groups excluding tert-OH is 1. The van der Waals surface area contributed by atoms with Crippen LogP contribution < -0.4 is 5.32 Å². The molecule has 3 rings (SSSR count). The maximum atomic E-state index is 13.3. The fourth-order valence-corrected chi connectivity index (χ4v) is 2.55. The van der Waals surface area contributed by atoms with E-state index in [4.69, 9.17) is 4.52 Å². The molecule has 2 N–H and O–H groups in total. The average Bonchev–Trinajstić information content (AvgIpc) is 2.95. The molecule has 1 saturated heterocycles. The molecule has 0 aliphatic carbocycles. The highest BCUT2D eigenvalue weighted by Gasteiger charge is 2.28. The zero-order valence-corrected chi connectivity index (χ0v) is 11.4. The summed E-state index contributed by atoms with van der Waals surface area (Å²) in [7, 11) is 0. The number of aliphatic hydroxyl groups is 1. The van der Waals surface area contributed by atoms with Gasteiger partial charge in [0.15, 0.2) is 0 Å². The molecule has 0 saturated carbocycles. The Morgan fingerprint density at radius 1 is 1.42 bits per heavy atom. The van der Waals surface area contributed by atoms with Gasteiger partial charge in [-0.2, -0.15) is 4.98 Å². The lowest BCUT2D eigenvalue weighted by Gasteiger charge is -2.01. The summed E-state index contributed by atoms with van der Waals surface area (Å²) in [6.45, 7) is 0.508. The maximum Gasteiger partial charge on any atom is 0.244 e. The lowest BCUT2D eigenvalue weighted by Crippen LogP contribution is -2.15. The first-order valence-corrected chi connectivity index (χ1v) is 6.62. The van der Waals surface area contributed by atoms with Gasteiger partial charge in [-0.1, -0.05) is 21.1 Å². The standard InChI is InChI=1S/C12H11BrFN3O2/c13-7-1-6(2-8(14)3-7)11-16-12(19-17-11)10-4-9(18)5-15-10/h1-3,9-10,15,18H,4-5H2/t9-,10-/m0/s1. The SMILES string of the molecule is O[C@@H]1CN[C@H](c2nc(-c3cc(F)cc(Br)c3)no2)C1. The Hall–Kier alpha value is -1.31. The molecule has 1 aliphatic heterocycles. The van der Waals surface area contributed by atoms with Crippen molar-refractivity contribution >= 4 is 15.9 Å². The number of rotatable bonds is 2. The van der Waals surface area contributed by atoms with Crippen LogP contribution >= 0.6 is 15.9 Å². The van der Waals surface area contributed by atoms with Gasteiger partial charge in [-0.25, -0.2) is 4.39 Å². The highest BCUT2D eigenvalue weighted by atomic mass is 79.9. The summed E-state index contributed by atoms with van der Waals surface area (Å²) in [5, 5.41) is 16.4. The second-order valence-electron chi connectivity index (χ2n) is 4.46. The molecule has 1 aliphatic rings. The van der Waals surface area contributed by atoms with Crippen molar-refractivity contribution in [2.75, 3.05) is 6.54 Å². The minimum Gasteiger partial charge on any atom is -0.392 e. The number of hydrogen-bond acceptors (Lipinski definition) is 5. The highest BCUT2D eigenvalue weighted by molar-refractivity contribution is 9.10. The normalized spacial score (nSPS) is 22.9. The topological polar surface area (TPSA) is 71.2 Å². The van der Waals surface area contributed by atoms with Gasteiger partial charge in [0.1, 0.15) is 5.82 Å². The Morgan fingerprint density at radius 3 is 2.95 bits per heavy atom. The van der Waals surface area contributed by atoms with Crippen molar-refractivity contribution in [3.63, 3.8) is 0 Å². The summed E-state index contributed by atoms with van der Waals surface area (Å²) in [6, 6.07) is 4.28. The first kappa shape index (κ1) is 12.7. The fraction of sp³-hybridized carbons (Fsp3) is 0.333. The van der Waals surface area contributed by atoms with E-state index in [1.54, 1.807) is 6.07 Å². The minimum atomic E-state index is -0.399. The second-order valence-corrected chi connectivity index (χ2v) is 5.38. The van der Waals surface area contributed by atoms with Crippen LogP contribution in [0.1, 0.15) is 18.4 Å². The molecule has 1 aromatic carbocycles. The number of benzene rings is 1. The van der Waals surface area contributed by atoms with Crippen molar-refractivity contribution in [3.05, 3.63) is 34.4 Å². The van der Waals surface area contributed by atoms with Crippen molar-refractivity contribution in [1.29, 1.82) is 0 Å². The minimum absolute atomic E-state index is 0.145. The van der Waals surface area contributed by atoms with Crippen LogP contribution in [0.2, 0.25) is 0 Å². The number of hydrogen-bond donors (Lipinski definition) is 2. The predicted molar refractivity (Wildman–Crippen MR) is 68.8 cm³/mol. The van der Waals surface area contributed by atoms with Gasteiger partial charge >= 0.3 is 0 Å². The van der Waals surface area contributed by atoms with Gasteiger partial charge in [0.05, 0.1) is 12.1 Å². The van der Waals surface area contributed by atoms with Crippen molar-refractivity contribution in [2.45, 2.75) is 18.6 Å². The van der Waals surface area contributed by atoms with E-state index >= 15 is 0 Å². The van der Waals surface area contributed by atoms with Crippen molar-refractivity contribution < 1.29 is 14.0 Å². The number of aromatic nitrogens is 2. The van der Waals surface area contributed by atoms with Crippen molar-refractivity contribution in [3.8, 4) is 11.4 Å². The lowest BCUT2D eigenvalue weighted by atomic mass is 10.2. The van der Waals surface area contributed by atoms with Crippen LogP contribution in [0.3, 0.4) is 0 Å².